The van der Waals surface area contributed by atoms with Crippen molar-refractivity contribution in [2.75, 3.05) is 6.54 Å². The first kappa shape index (κ1) is 14.0. The van der Waals surface area contributed by atoms with Gasteiger partial charge in [-0.3, -0.25) is 0 Å². The number of nitrogens with one attached hydrogen (secondary N) is 1. The molecule has 1 fully saturated rings. The second-order valence-corrected chi connectivity index (χ2v) is 6.56. The molecular formula is C15H31N. The molecule has 0 aliphatic heterocycles. The maximum Gasteiger partial charge on any atom is 0.00106 e. The van der Waals surface area contributed by atoms with Crippen molar-refractivity contribution in [3.63, 3.8) is 0 Å². The third-order valence-corrected chi connectivity index (χ3v) is 4.07. The Morgan fingerprint density at radius 1 is 1.25 bits per heavy atom. The Labute approximate surface area is 102 Å². The van der Waals surface area contributed by atoms with Crippen LogP contribution in [0.4, 0.5) is 0 Å². The molecule has 1 N–H and O–H groups in total. The molecule has 0 spiro atoms. The molecule has 0 bridgehead atoms. The van der Waals surface area contributed by atoms with Crippen LogP contribution in [0.1, 0.15) is 66.7 Å². The molecular weight excluding hydrogens is 194 g/mol. The Balaban J connectivity index is 2.44. The fourth-order valence-corrected chi connectivity index (χ4v) is 2.99. The van der Waals surface area contributed by atoms with E-state index in [1.165, 1.54) is 38.6 Å². The van der Waals surface area contributed by atoms with Crippen molar-refractivity contribution in [1.82, 2.24) is 5.32 Å². The van der Waals surface area contributed by atoms with E-state index in [9.17, 15) is 0 Å². The van der Waals surface area contributed by atoms with Gasteiger partial charge in [0.2, 0.25) is 0 Å². The molecule has 0 aromatic heterocycles. The van der Waals surface area contributed by atoms with Crippen LogP contribution in [0.25, 0.3) is 0 Å². The van der Waals surface area contributed by atoms with Crippen LogP contribution < -0.4 is 5.32 Å². The molecule has 1 saturated carbocycles. The van der Waals surface area contributed by atoms with Gasteiger partial charge in [-0.25, -0.2) is 0 Å². The summed E-state index contributed by atoms with van der Waals surface area (Å²) in [6.45, 7) is 13.0. The molecule has 0 aromatic rings. The van der Waals surface area contributed by atoms with E-state index in [1.807, 2.05) is 0 Å². The van der Waals surface area contributed by atoms with E-state index < -0.39 is 0 Å². The zero-order valence-electron chi connectivity index (χ0n) is 12.0. The summed E-state index contributed by atoms with van der Waals surface area (Å²) in [5.74, 6) is 1.89. The van der Waals surface area contributed by atoms with E-state index in [1.54, 1.807) is 0 Å². The maximum atomic E-state index is 3.65. The minimum Gasteiger partial charge on any atom is -0.314 e. The minimum atomic E-state index is 0.554. The van der Waals surface area contributed by atoms with Gasteiger partial charge >= 0.3 is 0 Å². The molecule has 2 unspecified atom stereocenters. The van der Waals surface area contributed by atoms with Crippen LogP contribution in [0.5, 0.6) is 0 Å². The van der Waals surface area contributed by atoms with Crippen molar-refractivity contribution in [3.8, 4) is 0 Å². The Kier molecular flexibility index (Phi) is 5.30. The van der Waals surface area contributed by atoms with Gasteiger partial charge in [0.05, 0.1) is 0 Å². The third-order valence-electron chi connectivity index (χ3n) is 4.07. The first-order valence-corrected chi connectivity index (χ1v) is 7.21. The molecule has 1 aliphatic rings. The Morgan fingerprint density at radius 3 is 2.31 bits per heavy atom. The van der Waals surface area contributed by atoms with Gasteiger partial charge in [0.15, 0.2) is 0 Å². The number of hydrogen-bond donors (Lipinski definition) is 1. The van der Waals surface area contributed by atoms with Gasteiger partial charge in [0.1, 0.15) is 0 Å². The van der Waals surface area contributed by atoms with Crippen LogP contribution in [0.3, 0.4) is 0 Å². The first-order chi connectivity index (χ1) is 7.48. The van der Waals surface area contributed by atoms with Crippen molar-refractivity contribution in [3.05, 3.63) is 0 Å². The molecule has 0 heterocycles. The second-order valence-electron chi connectivity index (χ2n) is 6.56. The van der Waals surface area contributed by atoms with E-state index >= 15 is 0 Å². The molecule has 1 nitrogen and oxygen atoms in total. The summed E-state index contributed by atoms with van der Waals surface area (Å²) in [4.78, 5) is 0. The lowest BCUT2D eigenvalue weighted by atomic mass is 9.76. The zero-order valence-corrected chi connectivity index (χ0v) is 12.0. The fraction of sp³-hybridized carbons (Fsp3) is 1.00. The van der Waals surface area contributed by atoms with E-state index in [0.717, 1.165) is 11.8 Å². The monoisotopic (exact) mass is 225 g/mol. The summed E-state index contributed by atoms with van der Waals surface area (Å²) >= 11 is 0. The Hall–Kier alpha value is -0.0400. The lowest BCUT2D eigenvalue weighted by molar-refractivity contribution is 0.190. The minimum absolute atomic E-state index is 0.554. The van der Waals surface area contributed by atoms with Gasteiger partial charge in [0.25, 0.3) is 0 Å². The van der Waals surface area contributed by atoms with Gasteiger partial charge in [-0.05, 0) is 36.5 Å². The zero-order chi connectivity index (χ0) is 12.2. The van der Waals surface area contributed by atoms with Crippen molar-refractivity contribution in [1.29, 1.82) is 0 Å². The molecule has 1 aliphatic carbocycles. The topological polar surface area (TPSA) is 12.0 Å². The van der Waals surface area contributed by atoms with Crippen LogP contribution in [0.2, 0.25) is 0 Å². The van der Waals surface area contributed by atoms with Crippen LogP contribution in [-0.4, -0.2) is 12.6 Å². The highest BCUT2D eigenvalue weighted by molar-refractivity contribution is 4.93. The van der Waals surface area contributed by atoms with E-state index in [0.29, 0.717) is 11.5 Å². The predicted octanol–water partition coefficient (Wildman–Crippen LogP) is 4.23. The quantitative estimate of drug-likeness (QED) is 0.652. The molecule has 16 heavy (non-hydrogen) atoms. The highest BCUT2D eigenvalue weighted by Crippen LogP contribution is 2.49. The third kappa shape index (κ3) is 4.45. The maximum absolute atomic E-state index is 3.65. The molecule has 0 aromatic carbocycles. The Morgan fingerprint density at radius 2 is 1.88 bits per heavy atom. The lowest BCUT2D eigenvalue weighted by Gasteiger charge is -2.34. The average Bonchev–Trinajstić information content (AvgIpc) is 2.98. The summed E-state index contributed by atoms with van der Waals surface area (Å²) < 4.78 is 0. The van der Waals surface area contributed by atoms with Crippen LogP contribution in [-0.2, 0) is 0 Å². The van der Waals surface area contributed by atoms with Crippen LogP contribution >= 0.6 is 0 Å². The molecule has 0 saturated heterocycles. The highest BCUT2D eigenvalue weighted by atomic mass is 14.9. The largest absolute Gasteiger partial charge is 0.314 e. The number of hydrogen-bond acceptors (Lipinski definition) is 1. The lowest BCUT2D eigenvalue weighted by Crippen LogP contribution is -2.38. The van der Waals surface area contributed by atoms with E-state index in [4.69, 9.17) is 0 Å². The summed E-state index contributed by atoms with van der Waals surface area (Å²) in [6, 6.07) is 0.625. The van der Waals surface area contributed by atoms with Crippen molar-refractivity contribution in [2.24, 2.45) is 17.3 Å². The normalized spacial score (nSPS) is 22.1. The molecule has 0 amide bonds. The standard InChI is InChI=1S/C15H31N/c1-6-7-13(4)10-15(5,14-8-9-14)11-16-12(2)3/h12-14,16H,6-11H2,1-5H3. The predicted molar refractivity (Wildman–Crippen MR) is 72.7 cm³/mol. The molecule has 1 heteroatoms. The summed E-state index contributed by atoms with van der Waals surface area (Å²) in [6.07, 6.45) is 7.07. The van der Waals surface area contributed by atoms with Crippen molar-refractivity contribution in [2.45, 2.75) is 72.8 Å². The van der Waals surface area contributed by atoms with Gasteiger partial charge in [-0.15, -0.1) is 0 Å². The second kappa shape index (κ2) is 6.05. The average molecular weight is 225 g/mol. The van der Waals surface area contributed by atoms with Crippen LogP contribution in [0, 0.1) is 17.3 Å². The molecule has 0 radical (unpaired) electrons. The van der Waals surface area contributed by atoms with Gasteiger partial charge in [-0.1, -0.05) is 47.5 Å². The Bertz CT molecular complexity index is 196. The van der Waals surface area contributed by atoms with Gasteiger partial charge in [-0.2, -0.15) is 0 Å². The van der Waals surface area contributed by atoms with E-state index in [2.05, 4.69) is 39.9 Å². The smallest absolute Gasteiger partial charge is 0.00106 e. The number of rotatable bonds is 8. The SMILES string of the molecule is CCCC(C)CC(C)(CNC(C)C)C1CC1. The van der Waals surface area contributed by atoms with Gasteiger partial charge in [0, 0.05) is 12.6 Å². The van der Waals surface area contributed by atoms with Crippen molar-refractivity contribution < 1.29 is 0 Å². The first-order valence-electron chi connectivity index (χ1n) is 7.21. The fourth-order valence-electron chi connectivity index (χ4n) is 2.99. The molecule has 96 valence electrons. The summed E-state index contributed by atoms with van der Waals surface area (Å²) in [5.41, 5.74) is 0.554. The van der Waals surface area contributed by atoms with Crippen LogP contribution in [0.15, 0.2) is 0 Å². The van der Waals surface area contributed by atoms with Crippen molar-refractivity contribution >= 4 is 0 Å². The van der Waals surface area contributed by atoms with E-state index in [-0.39, 0.29) is 0 Å². The summed E-state index contributed by atoms with van der Waals surface area (Å²) in [5, 5.41) is 3.65. The molecule has 2 atom stereocenters. The summed E-state index contributed by atoms with van der Waals surface area (Å²) in [7, 11) is 0. The molecule has 1 rings (SSSR count). The van der Waals surface area contributed by atoms with Gasteiger partial charge < -0.3 is 5.32 Å². The highest BCUT2D eigenvalue weighted by Gasteiger charge is 2.41.